The number of anilines is 1. The van der Waals surface area contributed by atoms with Crippen LogP contribution in [0.1, 0.15) is 35.2 Å². The molecule has 120 valence electrons. The standard InChI is InChI=1S/C19H21BrN2O/c1-22(2)17-9-3-6-14(12-17)18(23)21-19(10-5-11-19)15-7-4-8-16(20)13-15/h3-4,6-9,12-13H,5,10-11H2,1-2H3,(H,21,23). The first-order valence-electron chi connectivity index (χ1n) is 7.86. The third kappa shape index (κ3) is 3.27. The smallest absolute Gasteiger partial charge is 0.252 e. The molecule has 1 N–H and O–H groups in total. The van der Waals surface area contributed by atoms with Crippen LogP contribution in [0.15, 0.2) is 53.0 Å². The van der Waals surface area contributed by atoms with E-state index in [2.05, 4.69) is 33.4 Å². The highest BCUT2D eigenvalue weighted by molar-refractivity contribution is 9.10. The van der Waals surface area contributed by atoms with E-state index in [1.807, 2.05) is 55.4 Å². The van der Waals surface area contributed by atoms with Crippen LogP contribution in [0.2, 0.25) is 0 Å². The van der Waals surface area contributed by atoms with Gasteiger partial charge in [0.15, 0.2) is 0 Å². The Morgan fingerprint density at radius 3 is 2.48 bits per heavy atom. The Bertz CT molecular complexity index is 723. The molecule has 1 saturated carbocycles. The summed E-state index contributed by atoms with van der Waals surface area (Å²) in [7, 11) is 3.96. The zero-order chi connectivity index (χ0) is 16.4. The number of nitrogens with one attached hydrogen (secondary N) is 1. The van der Waals surface area contributed by atoms with Gasteiger partial charge in [-0.2, -0.15) is 0 Å². The lowest BCUT2D eigenvalue weighted by Gasteiger charge is -2.43. The van der Waals surface area contributed by atoms with E-state index in [4.69, 9.17) is 0 Å². The molecule has 0 spiro atoms. The minimum absolute atomic E-state index is 0.00613. The van der Waals surface area contributed by atoms with Crippen molar-refractivity contribution < 1.29 is 4.79 Å². The lowest BCUT2D eigenvalue weighted by molar-refractivity contribution is 0.0823. The summed E-state index contributed by atoms with van der Waals surface area (Å²) in [5.41, 5.74) is 2.69. The van der Waals surface area contributed by atoms with E-state index in [1.165, 1.54) is 5.56 Å². The molecule has 0 atom stereocenters. The zero-order valence-corrected chi connectivity index (χ0v) is 15.1. The van der Waals surface area contributed by atoms with Crippen molar-refractivity contribution in [1.82, 2.24) is 5.32 Å². The molecule has 2 aromatic rings. The van der Waals surface area contributed by atoms with Gasteiger partial charge in [-0.1, -0.05) is 34.1 Å². The highest BCUT2D eigenvalue weighted by Gasteiger charge is 2.40. The van der Waals surface area contributed by atoms with E-state index >= 15 is 0 Å². The van der Waals surface area contributed by atoms with E-state index in [-0.39, 0.29) is 11.4 Å². The molecule has 0 heterocycles. The summed E-state index contributed by atoms with van der Waals surface area (Å²) < 4.78 is 1.05. The van der Waals surface area contributed by atoms with Crippen molar-refractivity contribution in [3.63, 3.8) is 0 Å². The fourth-order valence-electron chi connectivity index (χ4n) is 3.02. The summed E-state index contributed by atoms with van der Waals surface area (Å²) in [5, 5.41) is 3.28. The van der Waals surface area contributed by atoms with Crippen molar-refractivity contribution in [2.24, 2.45) is 0 Å². The summed E-state index contributed by atoms with van der Waals surface area (Å²) in [6.45, 7) is 0. The molecule has 1 fully saturated rings. The van der Waals surface area contributed by atoms with Crippen molar-refractivity contribution in [1.29, 1.82) is 0 Å². The van der Waals surface area contributed by atoms with Gasteiger partial charge in [-0.05, 0) is 55.2 Å². The van der Waals surface area contributed by atoms with E-state index in [0.717, 1.165) is 29.4 Å². The van der Waals surface area contributed by atoms with Crippen molar-refractivity contribution in [3.05, 3.63) is 64.1 Å². The average molecular weight is 373 g/mol. The lowest BCUT2D eigenvalue weighted by atomic mass is 9.71. The third-order valence-corrected chi connectivity index (χ3v) is 5.06. The maximum Gasteiger partial charge on any atom is 0.252 e. The van der Waals surface area contributed by atoms with Gasteiger partial charge in [-0.3, -0.25) is 4.79 Å². The third-order valence-electron chi connectivity index (χ3n) is 4.56. The minimum atomic E-state index is -0.227. The number of nitrogens with zero attached hydrogens (tertiary/aromatic N) is 1. The van der Waals surface area contributed by atoms with Crippen LogP contribution < -0.4 is 10.2 Å². The van der Waals surface area contributed by atoms with E-state index in [1.54, 1.807) is 0 Å². The molecule has 1 aliphatic rings. The second-order valence-corrected chi connectivity index (χ2v) is 7.26. The normalized spacial score (nSPS) is 15.6. The molecular weight excluding hydrogens is 352 g/mol. The molecule has 3 rings (SSSR count). The van der Waals surface area contributed by atoms with E-state index < -0.39 is 0 Å². The van der Waals surface area contributed by atoms with Gasteiger partial charge >= 0.3 is 0 Å². The predicted molar refractivity (Wildman–Crippen MR) is 97.9 cm³/mol. The number of amides is 1. The van der Waals surface area contributed by atoms with Crippen LogP contribution in [-0.4, -0.2) is 20.0 Å². The molecule has 0 unspecified atom stereocenters. The fraction of sp³-hybridized carbons (Fsp3) is 0.316. The number of hydrogen-bond donors (Lipinski definition) is 1. The monoisotopic (exact) mass is 372 g/mol. The number of rotatable bonds is 4. The van der Waals surface area contributed by atoms with Crippen molar-refractivity contribution in [3.8, 4) is 0 Å². The highest BCUT2D eigenvalue weighted by Crippen LogP contribution is 2.42. The first-order valence-corrected chi connectivity index (χ1v) is 8.65. The van der Waals surface area contributed by atoms with Crippen molar-refractivity contribution >= 4 is 27.5 Å². The van der Waals surface area contributed by atoms with Gasteiger partial charge < -0.3 is 10.2 Å². The van der Waals surface area contributed by atoms with Crippen LogP contribution in [-0.2, 0) is 5.54 Å². The largest absolute Gasteiger partial charge is 0.378 e. The minimum Gasteiger partial charge on any atom is -0.378 e. The number of benzene rings is 2. The van der Waals surface area contributed by atoms with Crippen LogP contribution in [0.4, 0.5) is 5.69 Å². The Balaban J connectivity index is 1.85. The molecule has 1 amide bonds. The van der Waals surface area contributed by atoms with Crippen LogP contribution in [0.5, 0.6) is 0 Å². The van der Waals surface area contributed by atoms with Crippen LogP contribution in [0.3, 0.4) is 0 Å². The molecular formula is C19H21BrN2O. The Morgan fingerprint density at radius 2 is 1.87 bits per heavy atom. The molecule has 2 aromatic carbocycles. The first kappa shape index (κ1) is 16.1. The van der Waals surface area contributed by atoms with Gasteiger partial charge in [0.25, 0.3) is 5.91 Å². The van der Waals surface area contributed by atoms with E-state index in [0.29, 0.717) is 5.56 Å². The van der Waals surface area contributed by atoms with Crippen molar-refractivity contribution in [2.45, 2.75) is 24.8 Å². The molecule has 0 bridgehead atoms. The molecule has 0 aromatic heterocycles. The number of halogens is 1. The van der Waals surface area contributed by atoms with Crippen LogP contribution >= 0.6 is 15.9 Å². The number of hydrogen-bond acceptors (Lipinski definition) is 2. The molecule has 23 heavy (non-hydrogen) atoms. The molecule has 4 heteroatoms. The van der Waals surface area contributed by atoms with Crippen LogP contribution in [0, 0.1) is 0 Å². The SMILES string of the molecule is CN(C)c1cccc(C(=O)NC2(c3cccc(Br)c3)CCC2)c1. The Morgan fingerprint density at radius 1 is 1.13 bits per heavy atom. The molecule has 0 radical (unpaired) electrons. The quantitative estimate of drug-likeness (QED) is 0.866. The van der Waals surface area contributed by atoms with Gasteiger partial charge in [-0.25, -0.2) is 0 Å². The molecule has 0 saturated heterocycles. The van der Waals surface area contributed by atoms with Gasteiger partial charge in [0, 0.05) is 29.8 Å². The average Bonchev–Trinajstić information content (AvgIpc) is 2.50. The zero-order valence-electron chi connectivity index (χ0n) is 13.5. The first-order chi connectivity index (χ1) is 11.0. The summed E-state index contributed by atoms with van der Waals surface area (Å²) in [4.78, 5) is 14.7. The van der Waals surface area contributed by atoms with Gasteiger partial charge in [0.2, 0.25) is 0 Å². The summed E-state index contributed by atoms with van der Waals surface area (Å²) in [6.07, 6.45) is 3.12. The number of carbonyl (C=O) groups is 1. The predicted octanol–water partition coefficient (Wildman–Crippen LogP) is 4.32. The summed E-state index contributed by atoms with van der Waals surface area (Å²) in [6, 6.07) is 16.0. The number of carbonyl (C=O) groups excluding carboxylic acids is 1. The van der Waals surface area contributed by atoms with Gasteiger partial charge in [-0.15, -0.1) is 0 Å². The van der Waals surface area contributed by atoms with Crippen molar-refractivity contribution in [2.75, 3.05) is 19.0 Å². The van der Waals surface area contributed by atoms with E-state index in [9.17, 15) is 4.79 Å². The molecule has 0 aliphatic heterocycles. The Labute approximate surface area is 145 Å². The maximum absolute atomic E-state index is 12.7. The fourth-order valence-corrected chi connectivity index (χ4v) is 3.42. The Hall–Kier alpha value is -1.81. The topological polar surface area (TPSA) is 32.3 Å². The second-order valence-electron chi connectivity index (χ2n) is 6.34. The van der Waals surface area contributed by atoms with Crippen LogP contribution in [0.25, 0.3) is 0 Å². The molecule has 3 nitrogen and oxygen atoms in total. The van der Waals surface area contributed by atoms with Gasteiger partial charge in [0.1, 0.15) is 0 Å². The maximum atomic E-state index is 12.7. The Kier molecular flexibility index (Phi) is 4.44. The van der Waals surface area contributed by atoms with Gasteiger partial charge in [0.05, 0.1) is 5.54 Å². The summed E-state index contributed by atoms with van der Waals surface area (Å²) >= 11 is 3.53. The molecule has 1 aliphatic carbocycles. The summed E-state index contributed by atoms with van der Waals surface area (Å²) in [5.74, 6) is -0.00613. The highest BCUT2D eigenvalue weighted by atomic mass is 79.9. The second kappa shape index (κ2) is 6.36. The lowest BCUT2D eigenvalue weighted by Crippen LogP contribution is -2.50.